The number of sulfonamides is 1. The molecule has 1 heterocycles. The van der Waals surface area contributed by atoms with Gasteiger partial charge in [-0.3, -0.25) is 4.79 Å². The highest BCUT2D eigenvalue weighted by molar-refractivity contribution is 7.89. The number of methoxy groups -OCH3 is 1. The fraction of sp³-hybridized carbons (Fsp3) is 0.385. The minimum absolute atomic E-state index is 0.170. The molecule has 2 aromatic carbocycles. The number of carbonyl (C=O) groups excluding carboxylic acids is 1. The number of ether oxygens (including phenoxy) is 1. The normalized spacial score (nSPS) is 12.7. The molecule has 0 unspecified atom stereocenters. The van der Waals surface area contributed by atoms with Crippen molar-refractivity contribution in [2.75, 3.05) is 20.2 Å². The summed E-state index contributed by atoms with van der Waals surface area (Å²) in [6.45, 7) is 13.1. The number of carbonyl (C=O) groups is 1. The fourth-order valence-electron chi connectivity index (χ4n) is 3.80. The third-order valence-corrected chi connectivity index (χ3v) is 8.16. The number of amides is 1. The van der Waals surface area contributed by atoms with Crippen LogP contribution in [0.5, 0.6) is 5.75 Å². The molecule has 3 aromatic rings. The zero-order chi connectivity index (χ0) is 25.8. The van der Waals surface area contributed by atoms with Crippen LogP contribution in [0.25, 0.3) is 10.2 Å². The van der Waals surface area contributed by atoms with Crippen LogP contribution in [0.4, 0.5) is 0 Å². The molecule has 0 saturated heterocycles. The second kappa shape index (κ2) is 11.3. The summed E-state index contributed by atoms with van der Waals surface area (Å²) in [6.07, 6.45) is 1.74. The van der Waals surface area contributed by atoms with Crippen LogP contribution in [0.3, 0.4) is 0 Å². The van der Waals surface area contributed by atoms with E-state index in [-0.39, 0.29) is 16.7 Å². The van der Waals surface area contributed by atoms with Crippen LogP contribution in [-0.4, -0.2) is 43.4 Å². The Hall–Kier alpha value is -2.75. The van der Waals surface area contributed by atoms with E-state index >= 15 is 0 Å². The summed E-state index contributed by atoms with van der Waals surface area (Å²) in [4.78, 5) is 18.0. The smallest absolute Gasteiger partial charge is 0.279 e. The van der Waals surface area contributed by atoms with E-state index in [0.29, 0.717) is 35.7 Å². The Labute approximate surface area is 211 Å². The average molecular weight is 516 g/mol. The molecule has 0 bridgehead atoms. The molecular weight excluding hydrogens is 482 g/mol. The minimum atomic E-state index is -3.67. The van der Waals surface area contributed by atoms with E-state index in [0.717, 1.165) is 10.2 Å². The third-order valence-electron chi connectivity index (χ3n) is 5.27. The molecule has 1 amide bonds. The molecule has 0 saturated carbocycles. The first-order valence-electron chi connectivity index (χ1n) is 11.5. The lowest BCUT2D eigenvalue weighted by atomic mass is 10.2. The summed E-state index contributed by atoms with van der Waals surface area (Å²) in [5.74, 6) is 0.644. The van der Waals surface area contributed by atoms with Crippen molar-refractivity contribution in [1.82, 2.24) is 8.87 Å². The lowest BCUT2D eigenvalue weighted by Gasteiger charge is -2.25. The zero-order valence-corrected chi connectivity index (χ0v) is 22.5. The number of fused-ring (bicyclic) bond motifs is 1. The Morgan fingerprint density at radius 3 is 2.29 bits per heavy atom. The number of aromatic nitrogens is 1. The number of para-hydroxylation sites is 1. The van der Waals surface area contributed by atoms with Crippen LogP contribution in [0.1, 0.15) is 38.1 Å². The van der Waals surface area contributed by atoms with Crippen LogP contribution in [-0.2, 0) is 16.6 Å². The van der Waals surface area contributed by atoms with Gasteiger partial charge in [-0.15, -0.1) is 6.58 Å². The van der Waals surface area contributed by atoms with Crippen LogP contribution in [0.2, 0.25) is 0 Å². The Balaban J connectivity index is 1.97. The molecular formula is C26H33N3O4S2. The summed E-state index contributed by atoms with van der Waals surface area (Å²) in [6, 6.07) is 11.7. The van der Waals surface area contributed by atoms with Crippen molar-refractivity contribution in [3.63, 3.8) is 0 Å². The molecule has 0 aliphatic carbocycles. The summed E-state index contributed by atoms with van der Waals surface area (Å²) >= 11 is 1.38. The van der Waals surface area contributed by atoms with E-state index in [1.807, 2.05) is 50.5 Å². The maximum absolute atomic E-state index is 13.2. The number of allylic oxidation sites excluding steroid dienone is 1. The highest BCUT2D eigenvalue weighted by atomic mass is 32.2. The van der Waals surface area contributed by atoms with Crippen molar-refractivity contribution in [3.8, 4) is 5.75 Å². The summed E-state index contributed by atoms with van der Waals surface area (Å²) in [7, 11) is -2.06. The van der Waals surface area contributed by atoms with Crippen LogP contribution in [0.15, 0.2) is 65.0 Å². The van der Waals surface area contributed by atoms with Gasteiger partial charge in [-0.05, 0) is 48.2 Å². The van der Waals surface area contributed by atoms with E-state index in [1.54, 1.807) is 13.2 Å². The predicted molar refractivity (Wildman–Crippen MR) is 141 cm³/mol. The van der Waals surface area contributed by atoms with E-state index < -0.39 is 15.9 Å². The molecule has 0 radical (unpaired) electrons. The Bertz CT molecular complexity index is 1360. The second-order valence-corrected chi connectivity index (χ2v) is 12.1. The first-order valence-corrected chi connectivity index (χ1v) is 13.8. The molecule has 3 rings (SSSR count). The van der Waals surface area contributed by atoms with Crippen molar-refractivity contribution in [2.24, 2.45) is 16.8 Å². The highest BCUT2D eigenvalue weighted by Crippen LogP contribution is 2.27. The Kier molecular flexibility index (Phi) is 8.69. The Morgan fingerprint density at radius 1 is 1.11 bits per heavy atom. The van der Waals surface area contributed by atoms with Gasteiger partial charge in [-0.1, -0.05) is 51.2 Å². The van der Waals surface area contributed by atoms with Gasteiger partial charge in [0.15, 0.2) is 4.80 Å². The molecule has 0 spiro atoms. The molecule has 35 heavy (non-hydrogen) atoms. The first kappa shape index (κ1) is 26.8. The Morgan fingerprint density at radius 2 is 1.74 bits per heavy atom. The van der Waals surface area contributed by atoms with E-state index in [1.165, 1.54) is 39.9 Å². The molecule has 7 nitrogen and oxygen atoms in total. The van der Waals surface area contributed by atoms with Crippen LogP contribution in [0, 0.1) is 11.8 Å². The number of rotatable bonds is 10. The van der Waals surface area contributed by atoms with Gasteiger partial charge in [0, 0.05) is 25.2 Å². The van der Waals surface area contributed by atoms with Gasteiger partial charge >= 0.3 is 0 Å². The maximum atomic E-state index is 13.2. The molecule has 0 aliphatic heterocycles. The van der Waals surface area contributed by atoms with Crippen molar-refractivity contribution in [3.05, 3.63) is 65.5 Å². The lowest BCUT2D eigenvalue weighted by molar-refractivity contribution is 0.0997. The first-order chi connectivity index (χ1) is 16.6. The van der Waals surface area contributed by atoms with Crippen LogP contribution < -0.4 is 9.54 Å². The molecule has 0 atom stereocenters. The largest absolute Gasteiger partial charge is 0.495 e. The monoisotopic (exact) mass is 515 g/mol. The standard InChI is InChI=1S/C26H33N3O4S2/c1-7-15-29-24-22(33-6)9-8-10-23(24)34-26(29)27-25(30)20-11-13-21(14-12-20)35(31,32)28(16-18(2)3)17-19(4)5/h7-14,18-19H,1,15-17H2,2-6H3. The molecule has 1 aromatic heterocycles. The molecule has 0 fully saturated rings. The second-order valence-electron chi connectivity index (χ2n) is 9.14. The van der Waals surface area contributed by atoms with E-state index in [9.17, 15) is 13.2 Å². The predicted octanol–water partition coefficient (Wildman–Crippen LogP) is 4.94. The average Bonchev–Trinajstić information content (AvgIpc) is 3.15. The van der Waals surface area contributed by atoms with Gasteiger partial charge < -0.3 is 9.30 Å². The van der Waals surface area contributed by atoms with Crippen LogP contribution >= 0.6 is 11.3 Å². The third kappa shape index (κ3) is 6.09. The molecule has 9 heteroatoms. The number of benzene rings is 2. The minimum Gasteiger partial charge on any atom is -0.495 e. The summed E-state index contributed by atoms with van der Waals surface area (Å²) in [5.41, 5.74) is 1.17. The molecule has 188 valence electrons. The van der Waals surface area contributed by atoms with Gasteiger partial charge in [-0.2, -0.15) is 9.30 Å². The number of hydrogen-bond acceptors (Lipinski definition) is 5. The summed E-state index contributed by atoms with van der Waals surface area (Å²) in [5, 5.41) is 0. The van der Waals surface area contributed by atoms with Gasteiger partial charge in [-0.25, -0.2) is 8.42 Å². The summed E-state index contributed by atoms with van der Waals surface area (Å²) < 4.78 is 36.3. The zero-order valence-electron chi connectivity index (χ0n) is 20.9. The van der Waals surface area contributed by atoms with Crippen molar-refractivity contribution in [2.45, 2.75) is 39.1 Å². The van der Waals surface area contributed by atoms with Crippen molar-refractivity contribution >= 4 is 37.5 Å². The topological polar surface area (TPSA) is 81.0 Å². The quantitative estimate of drug-likeness (QED) is 0.358. The number of hydrogen-bond donors (Lipinski definition) is 0. The van der Waals surface area contributed by atoms with Crippen molar-refractivity contribution < 1.29 is 17.9 Å². The van der Waals surface area contributed by atoms with Gasteiger partial charge in [0.1, 0.15) is 11.3 Å². The van der Waals surface area contributed by atoms with E-state index in [2.05, 4.69) is 11.6 Å². The highest BCUT2D eigenvalue weighted by Gasteiger charge is 2.26. The fourth-order valence-corrected chi connectivity index (χ4v) is 6.62. The maximum Gasteiger partial charge on any atom is 0.279 e. The number of nitrogens with zero attached hydrogens (tertiary/aromatic N) is 3. The number of thiazole rings is 1. The van der Waals surface area contributed by atoms with Gasteiger partial charge in [0.25, 0.3) is 5.91 Å². The lowest BCUT2D eigenvalue weighted by Crippen LogP contribution is -2.37. The molecule has 0 aliphatic rings. The van der Waals surface area contributed by atoms with Gasteiger partial charge in [0.05, 0.1) is 16.7 Å². The molecule has 0 N–H and O–H groups in total. The van der Waals surface area contributed by atoms with Gasteiger partial charge in [0.2, 0.25) is 10.0 Å². The SMILES string of the molecule is C=CCn1c(=NC(=O)c2ccc(S(=O)(=O)N(CC(C)C)CC(C)C)cc2)sc2cccc(OC)c21. The van der Waals surface area contributed by atoms with E-state index in [4.69, 9.17) is 4.74 Å². The van der Waals surface area contributed by atoms with Crippen molar-refractivity contribution in [1.29, 1.82) is 0 Å².